The van der Waals surface area contributed by atoms with Gasteiger partial charge >= 0.3 is 5.97 Å². The average molecular weight is 308 g/mol. The lowest BCUT2D eigenvalue weighted by atomic mass is 9.90. The Labute approximate surface area is 131 Å². The van der Waals surface area contributed by atoms with E-state index in [2.05, 4.69) is 12.2 Å². The minimum Gasteiger partial charge on any atom is -0.465 e. The van der Waals surface area contributed by atoms with Crippen LogP contribution in [0, 0.1) is 11.8 Å². The number of aliphatic hydroxyl groups excluding tert-OH is 1. The summed E-state index contributed by atoms with van der Waals surface area (Å²) in [5.41, 5.74) is 0. The van der Waals surface area contributed by atoms with Gasteiger partial charge in [0.05, 0.1) is 12.2 Å². The molecule has 5 atom stereocenters. The van der Waals surface area contributed by atoms with Crippen LogP contribution >= 0.6 is 0 Å². The molecule has 1 N–H and O–H groups in total. The number of rotatable bonds is 2. The second-order valence-electron chi connectivity index (χ2n) is 6.11. The zero-order valence-corrected chi connectivity index (χ0v) is 12.9. The highest BCUT2D eigenvalue weighted by molar-refractivity contribution is 5.82. The summed E-state index contributed by atoms with van der Waals surface area (Å²) in [6.07, 6.45) is 9.97. The summed E-state index contributed by atoms with van der Waals surface area (Å²) in [5.74, 6) is -0.323. The molecule has 1 fully saturated rings. The predicted molar refractivity (Wildman–Crippen MR) is 80.8 cm³/mol. The lowest BCUT2D eigenvalue weighted by molar-refractivity contribution is -0.142. The number of ether oxygens (including phenoxy) is 2. The fourth-order valence-corrected chi connectivity index (χ4v) is 3.27. The van der Waals surface area contributed by atoms with E-state index in [1.165, 1.54) is 12.2 Å². The molecule has 0 bridgehead atoms. The van der Waals surface area contributed by atoms with Gasteiger partial charge in [0.1, 0.15) is 6.10 Å². The Morgan fingerprint density at radius 2 is 2.18 bits per heavy atom. The molecule has 1 aliphatic heterocycles. The van der Waals surface area contributed by atoms with E-state index in [1.807, 2.05) is 6.92 Å². The van der Waals surface area contributed by atoms with E-state index in [1.54, 1.807) is 0 Å². The van der Waals surface area contributed by atoms with Crippen LogP contribution in [0.25, 0.3) is 0 Å². The topological polar surface area (TPSA) is 72.8 Å². The second kappa shape index (κ2) is 8.13. The van der Waals surface area contributed by atoms with Crippen molar-refractivity contribution < 1.29 is 24.2 Å². The summed E-state index contributed by atoms with van der Waals surface area (Å²) in [5, 5.41) is 10.3. The Hall–Kier alpha value is -1.62. The molecule has 0 saturated heterocycles. The fourth-order valence-electron chi connectivity index (χ4n) is 3.27. The number of hydrogen-bond acceptors (Lipinski definition) is 5. The van der Waals surface area contributed by atoms with E-state index in [9.17, 15) is 14.7 Å². The van der Waals surface area contributed by atoms with Gasteiger partial charge < -0.3 is 14.6 Å². The van der Waals surface area contributed by atoms with Gasteiger partial charge in [0.2, 0.25) is 0 Å². The Balaban J connectivity index is 2.11. The van der Waals surface area contributed by atoms with Gasteiger partial charge in [-0.05, 0) is 56.9 Å². The largest absolute Gasteiger partial charge is 0.465 e. The highest BCUT2D eigenvalue weighted by Gasteiger charge is 2.37. The molecule has 0 aromatic heterocycles. The SMILES string of the molecule is C[C@H]1CCC/C=C\[C@@H]2C[C@H](OC=O)C[C@H]2[C@H](O)/C=C\C(=O)O1. The molecular weight excluding hydrogens is 284 g/mol. The highest BCUT2D eigenvalue weighted by Crippen LogP contribution is 2.37. The molecule has 5 nitrogen and oxygen atoms in total. The number of carbonyl (C=O) groups excluding carboxylic acids is 2. The van der Waals surface area contributed by atoms with Crippen LogP contribution in [-0.4, -0.2) is 35.9 Å². The Morgan fingerprint density at radius 3 is 2.95 bits per heavy atom. The molecule has 0 radical (unpaired) electrons. The first-order chi connectivity index (χ1) is 10.6. The number of allylic oxidation sites excluding steroid dienone is 2. The van der Waals surface area contributed by atoms with Gasteiger partial charge in [0, 0.05) is 6.08 Å². The number of fused-ring (bicyclic) bond motifs is 1. The summed E-state index contributed by atoms with van der Waals surface area (Å²) in [6, 6.07) is 0. The molecule has 0 amide bonds. The van der Waals surface area contributed by atoms with Crippen LogP contribution in [-0.2, 0) is 19.1 Å². The summed E-state index contributed by atoms with van der Waals surface area (Å²) >= 11 is 0. The summed E-state index contributed by atoms with van der Waals surface area (Å²) in [7, 11) is 0. The number of hydrogen-bond donors (Lipinski definition) is 1. The van der Waals surface area contributed by atoms with E-state index in [-0.39, 0.29) is 24.0 Å². The lowest BCUT2D eigenvalue weighted by Gasteiger charge is -2.19. The standard InChI is InChI=1S/C17H24O5/c1-12-5-3-2-4-6-13-9-14(21-11-18)10-15(13)16(19)7-8-17(20)22-12/h4,6-8,11-16,19H,2-3,5,9-10H2,1H3/b6-4-,8-7-/t12-,13+,14-,15+,16+/m0/s1. The predicted octanol–water partition coefficient (Wildman–Crippen LogP) is 2.14. The summed E-state index contributed by atoms with van der Waals surface area (Å²) < 4.78 is 10.3. The van der Waals surface area contributed by atoms with Gasteiger partial charge in [-0.3, -0.25) is 4.79 Å². The van der Waals surface area contributed by atoms with Gasteiger partial charge in [-0.15, -0.1) is 0 Å². The van der Waals surface area contributed by atoms with Crippen LogP contribution in [0.4, 0.5) is 0 Å². The molecule has 2 aliphatic rings. The third kappa shape index (κ3) is 4.70. The molecule has 1 aliphatic carbocycles. The number of aliphatic hydroxyl groups is 1. The van der Waals surface area contributed by atoms with Crippen molar-refractivity contribution in [3.63, 3.8) is 0 Å². The van der Waals surface area contributed by atoms with E-state index in [0.717, 1.165) is 19.3 Å². The van der Waals surface area contributed by atoms with Crippen LogP contribution in [0.15, 0.2) is 24.3 Å². The molecule has 2 rings (SSSR count). The minimum atomic E-state index is -0.751. The third-order valence-corrected chi connectivity index (χ3v) is 4.42. The van der Waals surface area contributed by atoms with Crippen molar-refractivity contribution in [3.8, 4) is 0 Å². The number of carbonyl (C=O) groups is 2. The molecule has 1 saturated carbocycles. The van der Waals surface area contributed by atoms with Crippen LogP contribution in [0.5, 0.6) is 0 Å². The zero-order chi connectivity index (χ0) is 15.9. The molecule has 122 valence electrons. The van der Waals surface area contributed by atoms with Crippen molar-refractivity contribution in [1.29, 1.82) is 0 Å². The van der Waals surface area contributed by atoms with Crippen LogP contribution in [0.2, 0.25) is 0 Å². The second-order valence-corrected chi connectivity index (χ2v) is 6.11. The quantitative estimate of drug-likeness (QED) is 0.481. The van der Waals surface area contributed by atoms with E-state index in [4.69, 9.17) is 9.47 Å². The van der Waals surface area contributed by atoms with Crippen LogP contribution in [0.1, 0.15) is 39.0 Å². The maximum atomic E-state index is 11.7. The molecule has 5 heteroatoms. The van der Waals surface area contributed by atoms with Gasteiger partial charge in [-0.25, -0.2) is 4.79 Å². The zero-order valence-electron chi connectivity index (χ0n) is 12.9. The molecular formula is C17H24O5. The summed E-state index contributed by atoms with van der Waals surface area (Å²) in [6.45, 7) is 2.34. The Morgan fingerprint density at radius 1 is 1.36 bits per heavy atom. The number of cyclic esters (lactones) is 1. The van der Waals surface area contributed by atoms with Crippen molar-refractivity contribution in [3.05, 3.63) is 24.3 Å². The Bertz CT molecular complexity index is 442. The average Bonchev–Trinajstić information content (AvgIpc) is 2.87. The van der Waals surface area contributed by atoms with Crippen LogP contribution in [0.3, 0.4) is 0 Å². The van der Waals surface area contributed by atoms with Crippen molar-refractivity contribution in [2.45, 2.75) is 57.3 Å². The van der Waals surface area contributed by atoms with Crippen molar-refractivity contribution in [2.75, 3.05) is 0 Å². The van der Waals surface area contributed by atoms with Crippen molar-refractivity contribution >= 4 is 12.4 Å². The Kier molecular flexibility index (Phi) is 6.19. The van der Waals surface area contributed by atoms with E-state index >= 15 is 0 Å². The van der Waals surface area contributed by atoms with Gasteiger partial charge in [-0.2, -0.15) is 0 Å². The normalized spacial score (nSPS) is 39.4. The molecule has 1 heterocycles. The molecule has 0 aromatic rings. The smallest absolute Gasteiger partial charge is 0.330 e. The van der Waals surface area contributed by atoms with Crippen molar-refractivity contribution in [2.24, 2.45) is 11.8 Å². The first-order valence-electron chi connectivity index (χ1n) is 7.92. The number of esters is 1. The van der Waals surface area contributed by atoms with Crippen molar-refractivity contribution in [1.82, 2.24) is 0 Å². The summed E-state index contributed by atoms with van der Waals surface area (Å²) in [4.78, 5) is 22.2. The van der Waals surface area contributed by atoms with Crippen LogP contribution < -0.4 is 0 Å². The van der Waals surface area contributed by atoms with Gasteiger partial charge in [0.15, 0.2) is 0 Å². The maximum absolute atomic E-state index is 11.7. The van der Waals surface area contributed by atoms with E-state index < -0.39 is 12.1 Å². The van der Waals surface area contributed by atoms with Gasteiger partial charge in [0.25, 0.3) is 6.47 Å². The highest BCUT2D eigenvalue weighted by atomic mass is 16.5. The third-order valence-electron chi connectivity index (χ3n) is 4.42. The maximum Gasteiger partial charge on any atom is 0.330 e. The molecule has 22 heavy (non-hydrogen) atoms. The molecule has 0 aromatic carbocycles. The monoisotopic (exact) mass is 308 g/mol. The molecule has 0 spiro atoms. The van der Waals surface area contributed by atoms with Gasteiger partial charge in [-0.1, -0.05) is 12.2 Å². The first kappa shape index (κ1) is 16.7. The lowest BCUT2D eigenvalue weighted by Crippen LogP contribution is -2.22. The molecule has 0 unspecified atom stereocenters. The fraction of sp³-hybridized carbons (Fsp3) is 0.647. The first-order valence-corrected chi connectivity index (χ1v) is 7.92. The minimum absolute atomic E-state index is 0.0524. The van der Waals surface area contributed by atoms with E-state index in [0.29, 0.717) is 19.3 Å².